The second-order valence-corrected chi connectivity index (χ2v) is 5.23. The van der Waals surface area contributed by atoms with Gasteiger partial charge in [-0.1, -0.05) is 29.2 Å². The van der Waals surface area contributed by atoms with Crippen LogP contribution in [0.2, 0.25) is 0 Å². The molecular weight excluding hydrogens is 208 g/mol. The maximum Gasteiger partial charge on any atom is 0.155 e. The standard InChI is InChI=1S/C12H17FNP/c1-8(2)12(5-6-12)9-4-3-7-14-10(9)11(13)15/h3-4,7-8,11H,5-6,15H2,1-2H3. The Kier molecular flexibility index (Phi) is 2.81. The van der Waals surface area contributed by atoms with Crippen molar-refractivity contribution in [2.75, 3.05) is 0 Å². The van der Waals surface area contributed by atoms with Crippen molar-refractivity contribution in [2.24, 2.45) is 5.92 Å². The molecule has 0 N–H and O–H groups in total. The van der Waals surface area contributed by atoms with E-state index in [0.717, 1.165) is 5.56 Å². The number of halogens is 1. The molecule has 2 unspecified atom stereocenters. The van der Waals surface area contributed by atoms with Gasteiger partial charge in [0.05, 0.1) is 5.69 Å². The van der Waals surface area contributed by atoms with Crippen molar-refractivity contribution >= 4 is 9.24 Å². The van der Waals surface area contributed by atoms with E-state index in [1.54, 1.807) is 6.20 Å². The van der Waals surface area contributed by atoms with Crippen LogP contribution >= 0.6 is 9.24 Å². The third-order valence-electron chi connectivity index (χ3n) is 3.53. The van der Waals surface area contributed by atoms with Crippen LogP contribution in [-0.2, 0) is 5.41 Å². The molecule has 0 amide bonds. The van der Waals surface area contributed by atoms with Gasteiger partial charge in [0.25, 0.3) is 0 Å². The van der Waals surface area contributed by atoms with E-state index in [1.807, 2.05) is 12.1 Å². The van der Waals surface area contributed by atoms with Crippen LogP contribution in [0.5, 0.6) is 0 Å². The van der Waals surface area contributed by atoms with Crippen LogP contribution in [-0.4, -0.2) is 4.98 Å². The first-order chi connectivity index (χ1) is 7.08. The van der Waals surface area contributed by atoms with Gasteiger partial charge >= 0.3 is 0 Å². The van der Waals surface area contributed by atoms with Gasteiger partial charge in [-0.3, -0.25) is 4.98 Å². The Balaban J connectivity index is 2.44. The van der Waals surface area contributed by atoms with Crippen LogP contribution < -0.4 is 0 Å². The second-order valence-electron chi connectivity index (χ2n) is 4.65. The zero-order valence-electron chi connectivity index (χ0n) is 9.20. The molecule has 3 heteroatoms. The van der Waals surface area contributed by atoms with Gasteiger partial charge in [0, 0.05) is 6.20 Å². The fourth-order valence-corrected chi connectivity index (χ4v) is 2.62. The van der Waals surface area contributed by atoms with E-state index in [4.69, 9.17) is 0 Å². The Bertz CT molecular complexity index is 358. The maximum atomic E-state index is 13.4. The first-order valence-electron chi connectivity index (χ1n) is 5.43. The summed E-state index contributed by atoms with van der Waals surface area (Å²) in [6.07, 6.45) is 4.01. The first kappa shape index (κ1) is 11.0. The number of alkyl halides is 1. The smallest absolute Gasteiger partial charge is 0.155 e. The van der Waals surface area contributed by atoms with Gasteiger partial charge < -0.3 is 0 Å². The zero-order chi connectivity index (χ0) is 11.1. The second kappa shape index (κ2) is 3.83. The summed E-state index contributed by atoms with van der Waals surface area (Å²) in [4.78, 5) is 4.17. The van der Waals surface area contributed by atoms with Crippen molar-refractivity contribution in [3.8, 4) is 0 Å². The van der Waals surface area contributed by atoms with Crippen LogP contribution in [0.4, 0.5) is 4.39 Å². The molecule has 1 fully saturated rings. The van der Waals surface area contributed by atoms with Crippen LogP contribution in [0.15, 0.2) is 18.3 Å². The molecule has 82 valence electrons. The summed E-state index contributed by atoms with van der Waals surface area (Å²) < 4.78 is 13.4. The molecule has 0 spiro atoms. The lowest BCUT2D eigenvalue weighted by Crippen LogP contribution is -2.17. The molecule has 15 heavy (non-hydrogen) atoms. The first-order valence-corrected chi connectivity index (χ1v) is 6.09. The summed E-state index contributed by atoms with van der Waals surface area (Å²) >= 11 is 0. The molecule has 0 aromatic carbocycles. The van der Waals surface area contributed by atoms with E-state index in [2.05, 4.69) is 28.1 Å². The molecule has 1 saturated carbocycles. The highest BCUT2D eigenvalue weighted by Crippen LogP contribution is 2.55. The summed E-state index contributed by atoms with van der Waals surface area (Å²) in [5.41, 5.74) is 1.92. The predicted octanol–water partition coefficient (Wildman–Crippen LogP) is 3.61. The van der Waals surface area contributed by atoms with Crippen LogP contribution in [0.1, 0.15) is 43.9 Å². The third-order valence-corrected chi connectivity index (χ3v) is 3.85. The van der Waals surface area contributed by atoms with Crippen molar-refractivity contribution in [3.63, 3.8) is 0 Å². The number of pyridine rings is 1. The van der Waals surface area contributed by atoms with Gasteiger partial charge in [-0.05, 0) is 35.8 Å². The fraction of sp³-hybridized carbons (Fsp3) is 0.583. The summed E-state index contributed by atoms with van der Waals surface area (Å²) in [6.45, 7) is 4.42. The lowest BCUT2D eigenvalue weighted by Gasteiger charge is -2.23. The Morgan fingerprint density at radius 1 is 1.47 bits per heavy atom. The average Bonchev–Trinajstić information content (AvgIpc) is 2.98. The molecule has 1 nitrogen and oxygen atoms in total. The number of aromatic nitrogens is 1. The van der Waals surface area contributed by atoms with Gasteiger partial charge in [0.15, 0.2) is 5.91 Å². The molecule has 2 atom stereocenters. The highest BCUT2D eigenvalue weighted by Gasteiger charge is 2.48. The zero-order valence-corrected chi connectivity index (χ0v) is 10.4. The summed E-state index contributed by atoms with van der Waals surface area (Å²) in [5, 5.41) is 0. The highest BCUT2D eigenvalue weighted by atomic mass is 31.0. The number of rotatable bonds is 3. The van der Waals surface area contributed by atoms with E-state index >= 15 is 0 Å². The van der Waals surface area contributed by atoms with E-state index < -0.39 is 5.91 Å². The van der Waals surface area contributed by atoms with Crippen LogP contribution in [0.3, 0.4) is 0 Å². The van der Waals surface area contributed by atoms with Crippen molar-refractivity contribution in [1.82, 2.24) is 4.98 Å². The molecule has 0 aliphatic heterocycles. The van der Waals surface area contributed by atoms with Crippen molar-refractivity contribution in [1.29, 1.82) is 0 Å². The molecule has 2 rings (SSSR count). The largest absolute Gasteiger partial charge is 0.258 e. The fourth-order valence-electron chi connectivity index (χ4n) is 2.35. The Morgan fingerprint density at radius 3 is 2.60 bits per heavy atom. The van der Waals surface area contributed by atoms with Gasteiger partial charge in [-0.15, -0.1) is 0 Å². The summed E-state index contributed by atoms with van der Waals surface area (Å²) in [6, 6.07) is 3.94. The van der Waals surface area contributed by atoms with E-state index in [-0.39, 0.29) is 5.41 Å². The summed E-state index contributed by atoms with van der Waals surface area (Å²) in [5.74, 6) is -0.485. The van der Waals surface area contributed by atoms with Crippen molar-refractivity contribution in [2.45, 2.75) is 38.0 Å². The Labute approximate surface area is 92.7 Å². The average molecular weight is 225 g/mol. The number of nitrogens with zero attached hydrogens (tertiary/aromatic N) is 1. The Morgan fingerprint density at radius 2 is 2.13 bits per heavy atom. The van der Waals surface area contributed by atoms with Gasteiger partial charge in [0.2, 0.25) is 0 Å². The molecule has 0 bridgehead atoms. The minimum atomic E-state index is -1.04. The summed E-state index contributed by atoms with van der Waals surface area (Å²) in [7, 11) is 2.19. The van der Waals surface area contributed by atoms with E-state index in [0.29, 0.717) is 11.6 Å². The number of hydrogen-bond acceptors (Lipinski definition) is 1. The van der Waals surface area contributed by atoms with Gasteiger partial charge in [-0.2, -0.15) is 0 Å². The Hall–Kier alpha value is -0.490. The van der Waals surface area contributed by atoms with Crippen molar-refractivity contribution in [3.05, 3.63) is 29.6 Å². The quantitative estimate of drug-likeness (QED) is 0.716. The lowest BCUT2D eigenvalue weighted by molar-refractivity contribution is 0.431. The normalized spacial score (nSPS) is 20.3. The third kappa shape index (κ3) is 1.80. The predicted molar refractivity (Wildman–Crippen MR) is 63.5 cm³/mol. The SMILES string of the molecule is CC(C)C1(c2cccnc2C(F)P)CC1. The van der Waals surface area contributed by atoms with Crippen molar-refractivity contribution < 1.29 is 4.39 Å². The van der Waals surface area contributed by atoms with E-state index in [1.165, 1.54) is 12.8 Å². The highest BCUT2D eigenvalue weighted by molar-refractivity contribution is 7.16. The molecule has 1 heterocycles. The van der Waals surface area contributed by atoms with E-state index in [9.17, 15) is 4.39 Å². The maximum absolute atomic E-state index is 13.4. The number of hydrogen-bond donors (Lipinski definition) is 0. The molecular formula is C12H17FNP. The topological polar surface area (TPSA) is 12.9 Å². The molecule has 1 aliphatic rings. The molecule has 0 saturated heterocycles. The molecule has 0 radical (unpaired) electrons. The van der Waals surface area contributed by atoms with Crippen LogP contribution in [0, 0.1) is 5.92 Å². The molecule has 1 aliphatic carbocycles. The minimum Gasteiger partial charge on any atom is -0.258 e. The van der Waals surface area contributed by atoms with Crippen LogP contribution in [0.25, 0.3) is 0 Å². The monoisotopic (exact) mass is 225 g/mol. The molecule has 1 aromatic rings. The lowest BCUT2D eigenvalue weighted by atomic mass is 9.84. The minimum absolute atomic E-state index is 0.199. The molecule has 1 aromatic heterocycles. The van der Waals surface area contributed by atoms with Gasteiger partial charge in [0.1, 0.15) is 0 Å². The van der Waals surface area contributed by atoms with Gasteiger partial charge in [-0.25, -0.2) is 4.39 Å².